The molecule has 16 heavy (non-hydrogen) atoms. The molecule has 0 amide bonds. The third kappa shape index (κ3) is 3.21. The maximum Gasteiger partial charge on any atom is 0.334 e. The Balaban J connectivity index is 3.01. The van der Waals surface area contributed by atoms with E-state index in [2.05, 4.69) is 0 Å². The fraction of sp³-hybridized carbons (Fsp3) is 0.308. The molecule has 1 aromatic rings. The first-order valence-corrected chi connectivity index (χ1v) is 5.23. The molecule has 0 aromatic heterocycles. The van der Waals surface area contributed by atoms with Gasteiger partial charge in [0.15, 0.2) is 0 Å². The van der Waals surface area contributed by atoms with E-state index in [1.165, 1.54) is 0 Å². The maximum atomic E-state index is 11.1. The predicted molar refractivity (Wildman–Crippen MR) is 63.2 cm³/mol. The van der Waals surface area contributed by atoms with Crippen LogP contribution in [0.1, 0.15) is 19.4 Å². The second-order valence-electron chi connectivity index (χ2n) is 3.41. The summed E-state index contributed by atoms with van der Waals surface area (Å²) in [5.74, 6) is -0.921. The smallest absolute Gasteiger partial charge is 0.334 e. The fourth-order valence-corrected chi connectivity index (χ4v) is 1.40. The van der Waals surface area contributed by atoms with E-state index >= 15 is 0 Å². The van der Waals surface area contributed by atoms with Gasteiger partial charge in [0.1, 0.15) is 0 Å². The van der Waals surface area contributed by atoms with Gasteiger partial charge in [-0.3, -0.25) is 0 Å². The number of carbonyl (C=O) groups is 1. The lowest BCUT2D eigenvalue weighted by Crippen LogP contribution is -2.10. The Hall–Kier alpha value is -1.61. The average molecular weight is 220 g/mol. The Kier molecular flexibility index (Phi) is 4.73. The molecular weight excluding hydrogens is 204 g/mol. The van der Waals surface area contributed by atoms with Crippen LogP contribution >= 0.6 is 0 Å². The quantitative estimate of drug-likeness (QED) is 0.776. The van der Waals surface area contributed by atoms with Crippen LogP contribution in [0.4, 0.5) is 0 Å². The van der Waals surface area contributed by atoms with Gasteiger partial charge in [0.25, 0.3) is 0 Å². The van der Waals surface area contributed by atoms with Crippen molar-refractivity contribution in [2.24, 2.45) is 0 Å². The average Bonchev–Trinajstić information content (AvgIpc) is 2.30. The zero-order chi connectivity index (χ0) is 12.0. The monoisotopic (exact) mass is 220 g/mol. The molecule has 0 radical (unpaired) electrons. The fourth-order valence-electron chi connectivity index (χ4n) is 1.40. The lowest BCUT2D eigenvalue weighted by molar-refractivity contribution is -0.133. The predicted octanol–water partition coefficient (Wildman–Crippen LogP) is 2.58. The van der Waals surface area contributed by atoms with E-state index in [9.17, 15) is 4.79 Å². The van der Waals surface area contributed by atoms with Crippen molar-refractivity contribution >= 4 is 11.5 Å². The molecule has 1 N–H and O–H groups in total. The summed E-state index contributed by atoms with van der Waals surface area (Å²) in [7, 11) is 0. The number of hydrogen-bond acceptors (Lipinski definition) is 2. The number of allylic oxidation sites excluding steroid dienone is 1. The highest BCUT2D eigenvalue weighted by Gasteiger charge is 2.12. The molecule has 0 heterocycles. The summed E-state index contributed by atoms with van der Waals surface area (Å²) in [5.41, 5.74) is 1.98. The van der Waals surface area contributed by atoms with Crippen molar-refractivity contribution in [1.82, 2.24) is 0 Å². The van der Waals surface area contributed by atoms with Gasteiger partial charge in [0.2, 0.25) is 0 Å². The normalized spacial score (nSPS) is 12.1. The second kappa shape index (κ2) is 6.08. The van der Waals surface area contributed by atoms with E-state index < -0.39 is 5.97 Å². The molecule has 3 heteroatoms. The van der Waals surface area contributed by atoms with Crippen LogP contribution < -0.4 is 0 Å². The molecule has 1 aromatic carbocycles. The van der Waals surface area contributed by atoms with E-state index in [-0.39, 0.29) is 6.61 Å². The van der Waals surface area contributed by atoms with E-state index in [1.807, 2.05) is 37.3 Å². The van der Waals surface area contributed by atoms with Crippen molar-refractivity contribution in [3.8, 4) is 0 Å². The lowest BCUT2D eigenvalue weighted by atomic mass is 10.0. The van der Waals surface area contributed by atoms with Gasteiger partial charge in [0.05, 0.1) is 12.2 Å². The number of benzene rings is 1. The molecule has 0 aliphatic carbocycles. The van der Waals surface area contributed by atoms with Crippen molar-refractivity contribution in [2.75, 3.05) is 13.2 Å². The first-order chi connectivity index (χ1) is 7.66. The molecule has 0 unspecified atom stereocenters. The first-order valence-electron chi connectivity index (χ1n) is 5.23. The molecule has 0 saturated carbocycles. The number of carboxylic acid groups (broad SMARTS) is 1. The van der Waals surface area contributed by atoms with Crippen LogP contribution in [-0.2, 0) is 9.53 Å². The van der Waals surface area contributed by atoms with Crippen LogP contribution in [0.3, 0.4) is 0 Å². The minimum absolute atomic E-state index is 0.145. The van der Waals surface area contributed by atoms with Gasteiger partial charge in [-0.2, -0.15) is 0 Å². The third-order valence-electron chi connectivity index (χ3n) is 2.37. The highest BCUT2D eigenvalue weighted by molar-refractivity contribution is 5.96. The highest BCUT2D eigenvalue weighted by atomic mass is 16.5. The summed E-state index contributed by atoms with van der Waals surface area (Å²) >= 11 is 0. The van der Waals surface area contributed by atoms with Crippen LogP contribution in [0.15, 0.2) is 35.9 Å². The van der Waals surface area contributed by atoms with Crippen molar-refractivity contribution < 1.29 is 14.6 Å². The Labute approximate surface area is 95.4 Å². The van der Waals surface area contributed by atoms with E-state index in [0.29, 0.717) is 12.2 Å². The molecule has 0 bridgehead atoms. The Morgan fingerprint density at radius 3 is 2.44 bits per heavy atom. The molecule has 86 valence electrons. The van der Waals surface area contributed by atoms with E-state index in [1.54, 1.807) is 6.92 Å². The van der Waals surface area contributed by atoms with E-state index in [0.717, 1.165) is 11.1 Å². The summed E-state index contributed by atoms with van der Waals surface area (Å²) in [6.07, 6.45) is 0. The van der Waals surface area contributed by atoms with Crippen molar-refractivity contribution in [2.45, 2.75) is 13.8 Å². The van der Waals surface area contributed by atoms with Gasteiger partial charge in [-0.25, -0.2) is 4.79 Å². The largest absolute Gasteiger partial charge is 0.478 e. The molecule has 0 aliphatic rings. The van der Waals surface area contributed by atoms with Crippen LogP contribution in [-0.4, -0.2) is 24.3 Å². The minimum Gasteiger partial charge on any atom is -0.478 e. The molecular formula is C13H16O3. The summed E-state index contributed by atoms with van der Waals surface area (Å²) in [5, 5.41) is 9.09. The number of ether oxygens (including phenoxy) is 1. The number of aliphatic carboxylic acids is 1. The van der Waals surface area contributed by atoms with Crippen molar-refractivity contribution in [1.29, 1.82) is 0 Å². The summed E-state index contributed by atoms with van der Waals surface area (Å²) in [4.78, 5) is 11.1. The Bertz CT molecular complexity index is 379. The van der Waals surface area contributed by atoms with Crippen LogP contribution in [0.2, 0.25) is 0 Å². The van der Waals surface area contributed by atoms with Gasteiger partial charge in [0, 0.05) is 6.61 Å². The van der Waals surface area contributed by atoms with Crippen LogP contribution in [0, 0.1) is 0 Å². The van der Waals surface area contributed by atoms with Gasteiger partial charge in [-0.1, -0.05) is 30.3 Å². The standard InChI is InChI=1S/C13H16O3/c1-3-16-9-12(13(14)15)10(2)11-7-5-4-6-8-11/h4-8H,3,9H2,1-2H3,(H,14,15). The molecule has 0 fully saturated rings. The maximum absolute atomic E-state index is 11.1. The van der Waals surface area contributed by atoms with E-state index in [4.69, 9.17) is 9.84 Å². The molecule has 0 atom stereocenters. The first kappa shape index (κ1) is 12.5. The van der Waals surface area contributed by atoms with Crippen LogP contribution in [0.5, 0.6) is 0 Å². The molecule has 0 saturated heterocycles. The molecule has 0 spiro atoms. The highest BCUT2D eigenvalue weighted by Crippen LogP contribution is 2.18. The summed E-state index contributed by atoms with van der Waals surface area (Å²) in [6.45, 7) is 4.31. The minimum atomic E-state index is -0.921. The zero-order valence-electron chi connectivity index (χ0n) is 9.56. The second-order valence-corrected chi connectivity index (χ2v) is 3.41. The third-order valence-corrected chi connectivity index (χ3v) is 2.37. The zero-order valence-corrected chi connectivity index (χ0v) is 9.56. The van der Waals surface area contributed by atoms with Gasteiger partial charge in [-0.15, -0.1) is 0 Å². The van der Waals surface area contributed by atoms with Gasteiger partial charge < -0.3 is 9.84 Å². The van der Waals surface area contributed by atoms with Crippen molar-refractivity contribution in [3.63, 3.8) is 0 Å². The lowest BCUT2D eigenvalue weighted by Gasteiger charge is -2.08. The van der Waals surface area contributed by atoms with Crippen LogP contribution in [0.25, 0.3) is 5.57 Å². The molecule has 0 aliphatic heterocycles. The Morgan fingerprint density at radius 1 is 1.31 bits per heavy atom. The number of hydrogen-bond donors (Lipinski definition) is 1. The SMILES string of the molecule is CCOCC(C(=O)O)=C(C)c1ccccc1. The topological polar surface area (TPSA) is 46.5 Å². The number of carboxylic acids is 1. The summed E-state index contributed by atoms with van der Waals surface area (Å²) < 4.78 is 5.16. The number of rotatable bonds is 5. The molecule has 3 nitrogen and oxygen atoms in total. The van der Waals surface area contributed by atoms with Gasteiger partial charge in [-0.05, 0) is 25.0 Å². The summed E-state index contributed by atoms with van der Waals surface area (Å²) in [6, 6.07) is 9.46. The van der Waals surface area contributed by atoms with Gasteiger partial charge >= 0.3 is 5.97 Å². The Morgan fingerprint density at radius 2 is 1.94 bits per heavy atom. The van der Waals surface area contributed by atoms with Crippen molar-refractivity contribution in [3.05, 3.63) is 41.5 Å². The molecule has 1 rings (SSSR count).